The maximum Gasteiger partial charge on any atom is 0.207 e. The number of phenols is 1. The first-order valence-electron chi connectivity index (χ1n) is 9.58. The molecule has 1 heterocycles. The lowest BCUT2D eigenvalue weighted by molar-refractivity contribution is -0.133. The van der Waals surface area contributed by atoms with E-state index in [-0.39, 0.29) is 28.0 Å². The van der Waals surface area contributed by atoms with Crippen molar-refractivity contribution in [2.45, 2.75) is 58.3 Å². The molecule has 0 aromatic heterocycles. The van der Waals surface area contributed by atoms with Crippen molar-refractivity contribution in [1.29, 1.82) is 0 Å². The topological polar surface area (TPSA) is 138 Å². The van der Waals surface area contributed by atoms with Gasteiger partial charge in [0.05, 0.1) is 11.1 Å². The van der Waals surface area contributed by atoms with Crippen LogP contribution in [0.4, 0.5) is 0 Å². The third kappa shape index (κ3) is 2.03. The Hall–Kier alpha value is -2.84. The van der Waals surface area contributed by atoms with Crippen LogP contribution in [0, 0.1) is 12.3 Å². The number of hydrogen-bond donors (Lipinski definition) is 3. The predicted octanol–water partition coefficient (Wildman–Crippen LogP) is 1.26. The molecule has 1 aromatic carbocycles. The SMILES string of the molecule is CC(=O)C[C@@]1(O)C(=O)C2=C3O[C@H](C)C(C)(C)[C@]3(O)C(=O)c3c(C)cc(O)c(c32)C1=O. The average molecular weight is 414 g/mol. The number of ether oxygens (including phenoxy) is 1. The second kappa shape index (κ2) is 5.65. The van der Waals surface area contributed by atoms with Crippen LogP contribution in [0.1, 0.15) is 66.0 Å². The van der Waals surface area contributed by atoms with E-state index >= 15 is 0 Å². The van der Waals surface area contributed by atoms with Crippen LogP contribution in [-0.4, -0.2) is 55.8 Å². The van der Waals surface area contributed by atoms with Gasteiger partial charge in [0, 0.05) is 23.0 Å². The van der Waals surface area contributed by atoms with Crippen molar-refractivity contribution < 1.29 is 39.2 Å². The zero-order chi connectivity index (χ0) is 22.5. The van der Waals surface area contributed by atoms with E-state index in [1.807, 2.05) is 0 Å². The van der Waals surface area contributed by atoms with E-state index < -0.39 is 63.6 Å². The molecule has 2 aliphatic carbocycles. The van der Waals surface area contributed by atoms with E-state index in [9.17, 15) is 34.5 Å². The van der Waals surface area contributed by atoms with Gasteiger partial charge in [-0.15, -0.1) is 0 Å². The highest BCUT2D eigenvalue weighted by molar-refractivity contribution is 6.43. The second-order valence-electron chi connectivity index (χ2n) is 8.96. The van der Waals surface area contributed by atoms with Crippen LogP contribution in [-0.2, 0) is 14.3 Å². The summed E-state index contributed by atoms with van der Waals surface area (Å²) >= 11 is 0. The molecule has 0 amide bonds. The van der Waals surface area contributed by atoms with Crippen LogP contribution < -0.4 is 0 Å². The molecule has 3 aliphatic rings. The van der Waals surface area contributed by atoms with E-state index in [0.29, 0.717) is 0 Å². The fraction of sp³-hybridized carbons (Fsp3) is 0.455. The summed E-state index contributed by atoms with van der Waals surface area (Å²) in [6, 6.07) is 1.17. The number of fused-ring (bicyclic) bond motifs is 1. The number of carbonyl (C=O) groups excluding carboxylic acids is 4. The quantitative estimate of drug-likeness (QED) is 0.615. The highest BCUT2D eigenvalue weighted by Gasteiger charge is 2.68. The Kier molecular flexibility index (Phi) is 3.85. The summed E-state index contributed by atoms with van der Waals surface area (Å²) in [5.41, 5.74) is -6.90. The summed E-state index contributed by atoms with van der Waals surface area (Å²) in [7, 11) is 0. The molecule has 3 N–H and O–H groups in total. The van der Waals surface area contributed by atoms with E-state index in [2.05, 4.69) is 0 Å². The number of aryl methyl sites for hydroxylation is 1. The summed E-state index contributed by atoms with van der Waals surface area (Å²) in [6.07, 6.45) is -1.50. The molecular weight excluding hydrogens is 392 g/mol. The number of Topliss-reactive ketones (excluding diaryl/α,β-unsaturated/α-hetero) is 4. The number of aromatic hydroxyl groups is 1. The van der Waals surface area contributed by atoms with E-state index in [4.69, 9.17) is 4.74 Å². The van der Waals surface area contributed by atoms with Crippen LogP contribution in [0.2, 0.25) is 0 Å². The van der Waals surface area contributed by atoms with Crippen LogP contribution >= 0.6 is 0 Å². The van der Waals surface area contributed by atoms with Crippen LogP contribution in [0.3, 0.4) is 0 Å². The monoisotopic (exact) mass is 414 g/mol. The van der Waals surface area contributed by atoms with Crippen molar-refractivity contribution >= 4 is 28.7 Å². The van der Waals surface area contributed by atoms with Gasteiger partial charge in [-0.05, 0) is 32.4 Å². The van der Waals surface area contributed by atoms with Crippen LogP contribution in [0.5, 0.6) is 5.75 Å². The van der Waals surface area contributed by atoms with Crippen molar-refractivity contribution in [3.8, 4) is 5.75 Å². The van der Waals surface area contributed by atoms with Crippen LogP contribution in [0.25, 0.3) is 5.57 Å². The molecule has 1 aromatic rings. The molecule has 0 saturated carbocycles. The second-order valence-corrected chi connectivity index (χ2v) is 8.96. The number of carbonyl (C=O) groups is 4. The number of phenolic OH excluding ortho intramolecular Hbond substituents is 1. The predicted molar refractivity (Wildman–Crippen MR) is 103 cm³/mol. The molecule has 4 rings (SSSR count). The first-order valence-corrected chi connectivity index (χ1v) is 9.58. The Bertz CT molecular complexity index is 1120. The minimum absolute atomic E-state index is 0.0820. The molecule has 0 radical (unpaired) electrons. The van der Waals surface area contributed by atoms with Crippen molar-refractivity contribution in [3.63, 3.8) is 0 Å². The largest absolute Gasteiger partial charge is 0.507 e. The minimum atomic E-state index is -2.77. The lowest BCUT2D eigenvalue weighted by atomic mass is 9.60. The summed E-state index contributed by atoms with van der Waals surface area (Å²) in [6.45, 7) is 7.49. The van der Waals surface area contributed by atoms with Crippen molar-refractivity contribution in [2.75, 3.05) is 0 Å². The Morgan fingerprint density at radius 1 is 1.07 bits per heavy atom. The molecule has 158 valence electrons. The number of aliphatic hydroxyl groups is 2. The van der Waals surface area contributed by atoms with Gasteiger partial charge >= 0.3 is 0 Å². The highest BCUT2D eigenvalue weighted by Crippen LogP contribution is 2.58. The number of hydrogen-bond acceptors (Lipinski definition) is 8. The lowest BCUT2D eigenvalue weighted by Crippen LogP contribution is -2.57. The van der Waals surface area contributed by atoms with E-state index in [0.717, 1.165) is 6.92 Å². The number of ketones is 4. The molecule has 1 aliphatic heterocycles. The summed E-state index contributed by atoms with van der Waals surface area (Å²) in [4.78, 5) is 51.8. The Morgan fingerprint density at radius 3 is 2.23 bits per heavy atom. The number of benzene rings is 1. The summed E-state index contributed by atoms with van der Waals surface area (Å²) < 4.78 is 5.79. The normalized spacial score (nSPS) is 31.4. The third-order valence-electron chi connectivity index (χ3n) is 6.82. The fourth-order valence-electron chi connectivity index (χ4n) is 4.75. The van der Waals surface area contributed by atoms with Gasteiger partial charge in [0.1, 0.15) is 23.4 Å². The van der Waals surface area contributed by atoms with Gasteiger partial charge < -0.3 is 20.1 Å². The van der Waals surface area contributed by atoms with Gasteiger partial charge in [-0.3, -0.25) is 19.2 Å². The maximum absolute atomic E-state index is 13.5. The Labute approximate surface area is 172 Å². The van der Waals surface area contributed by atoms with Gasteiger partial charge in [0.25, 0.3) is 0 Å². The standard InChI is InChI=1S/C22H22O8/c1-8-6-11(24)13-14-12(8)18(27)22(29)19(30-10(3)20(22,4)5)15(14)17(26)21(28,16(13)25)7-9(2)23/h6,10,24,28-29H,7H2,1-5H3/t10-,21+,22+/m1/s1. The molecule has 30 heavy (non-hydrogen) atoms. The summed E-state index contributed by atoms with van der Waals surface area (Å²) in [5.74, 6) is -4.56. The smallest absolute Gasteiger partial charge is 0.207 e. The van der Waals surface area contributed by atoms with Gasteiger partial charge in [0.2, 0.25) is 17.3 Å². The number of rotatable bonds is 2. The first-order chi connectivity index (χ1) is 13.7. The molecule has 0 spiro atoms. The van der Waals surface area contributed by atoms with E-state index in [1.165, 1.54) is 13.0 Å². The Balaban J connectivity index is 2.21. The highest BCUT2D eigenvalue weighted by atomic mass is 16.5. The van der Waals surface area contributed by atoms with Crippen LogP contribution in [0.15, 0.2) is 11.8 Å². The molecule has 8 heteroatoms. The zero-order valence-electron chi connectivity index (χ0n) is 17.2. The lowest BCUT2D eigenvalue weighted by Gasteiger charge is -2.41. The van der Waals surface area contributed by atoms with Gasteiger partial charge in [-0.1, -0.05) is 13.8 Å². The molecule has 3 atom stereocenters. The molecule has 0 bridgehead atoms. The van der Waals surface area contributed by atoms with Gasteiger partial charge in [0.15, 0.2) is 11.2 Å². The van der Waals surface area contributed by atoms with Gasteiger partial charge in [-0.25, -0.2) is 0 Å². The van der Waals surface area contributed by atoms with Crippen molar-refractivity contribution in [3.05, 3.63) is 34.1 Å². The maximum atomic E-state index is 13.5. The molecular formula is C22H22O8. The van der Waals surface area contributed by atoms with Crippen molar-refractivity contribution in [1.82, 2.24) is 0 Å². The van der Waals surface area contributed by atoms with Crippen molar-refractivity contribution in [2.24, 2.45) is 5.41 Å². The Morgan fingerprint density at radius 2 is 1.67 bits per heavy atom. The first kappa shape index (κ1) is 20.4. The third-order valence-corrected chi connectivity index (χ3v) is 6.82. The molecule has 1 saturated heterocycles. The fourth-order valence-corrected chi connectivity index (χ4v) is 4.75. The zero-order valence-corrected chi connectivity index (χ0v) is 17.2. The van der Waals surface area contributed by atoms with E-state index in [1.54, 1.807) is 20.8 Å². The molecule has 1 fully saturated rings. The van der Waals surface area contributed by atoms with Gasteiger partial charge in [-0.2, -0.15) is 0 Å². The molecule has 8 nitrogen and oxygen atoms in total. The minimum Gasteiger partial charge on any atom is -0.507 e. The molecule has 0 unspecified atom stereocenters. The summed E-state index contributed by atoms with van der Waals surface area (Å²) in [5, 5.41) is 33.1. The average Bonchev–Trinajstić information content (AvgIpc) is 2.80.